The number of anilines is 1. The van der Waals surface area contributed by atoms with E-state index in [1.54, 1.807) is 6.20 Å². The number of benzene rings is 1. The molecule has 0 bridgehead atoms. The molecule has 0 radical (unpaired) electrons. The number of hydrogen-bond donors (Lipinski definition) is 2. The van der Waals surface area contributed by atoms with Crippen LogP contribution >= 0.6 is 0 Å². The number of aromatic nitrogens is 2. The highest BCUT2D eigenvalue weighted by Crippen LogP contribution is 2.03. The van der Waals surface area contributed by atoms with Crippen LogP contribution in [0.1, 0.15) is 16.1 Å². The molecule has 0 aliphatic carbocycles. The predicted molar refractivity (Wildman–Crippen MR) is 100 cm³/mol. The maximum atomic E-state index is 12.1. The van der Waals surface area contributed by atoms with Crippen LogP contribution in [0.15, 0.2) is 42.7 Å². The first-order valence-electron chi connectivity index (χ1n) is 8.99. The molecule has 1 aliphatic rings. The van der Waals surface area contributed by atoms with E-state index in [4.69, 9.17) is 4.74 Å². The van der Waals surface area contributed by atoms with E-state index in [2.05, 4.69) is 25.5 Å². The molecule has 0 saturated carbocycles. The highest BCUT2D eigenvalue weighted by molar-refractivity contribution is 5.91. The Balaban J connectivity index is 1.38. The molecule has 1 fully saturated rings. The van der Waals surface area contributed by atoms with Gasteiger partial charge in [-0.3, -0.25) is 9.69 Å². The molecular weight excluding hydrogens is 330 g/mol. The van der Waals surface area contributed by atoms with Gasteiger partial charge in [-0.1, -0.05) is 30.3 Å². The summed E-state index contributed by atoms with van der Waals surface area (Å²) in [4.78, 5) is 22.9. The van der Waals surface area contributed by atoms with Gasteiger partial charge >= 0.3 is 0 Å². The van der Waals surface area contributed by atoms with Crippen molar-refractivity contribution in [2.45, 2.75) is 6.42 Å². The number of carbonyl (C=O) groups is 1. The molecule has 138 valence electrons. The Morgan fingerprint density at radius 2 is 1.88 bits per heavy atom. The summed E-state index contributed by atoms with van der Waals surface area (Å²) < 4.78 is 5.33. The average molecular weight is 355 g/mol. The second kappa shape index (κ2) is 9.84. The first-order valence-corrected chi connectivity index (χ1v) is 8.99. The standard InChI is InChI=1S/C19H25N5O2/c25-19(21-7-6-16-4-2-1-3-5-16)17-14-23-18(15-22-17)20-8-9-24-10-12-26-13-11-24/h1-5,14-15H,6-13H2,(H,20,23)(H,21,25). The minimum Gasteiger partial charge on any atom is -0.379 e. The zero-order valence-electron chi connectivity index (χ0n) is 14.9. The minimum absolute atomic E-state index is 0.201. The van der Waals surface area contributed by atoms with Crippen LogP contribution < -0.4 is 10.6 Å². The van der Waals surface area contributed by atoms with Gasteiger partial charge in [0.15, 0.2) is 0 Å². The van der Waals surface area contributed by atoms with E-state index < -0.39 is 0 Å². The van der Waals surface area contributed by atoms with Crippen molar-refractivity contribution in [3.8, 4) is 0 Å². The van der Waals surface area contributed by atoms with Crippen LogP contribution in [0.25, 0.3) is 0 Å². The Hall–Kier alpha value is -2.51. The molecule has 2 N–H and O–H groups in total. The predicted octanol–water partition coefficient (Wildman–Crippen LogP) is 1.19. The lowest BCUT2D eigenvalue weighted by Crippen LogP contribution is -2.39. The molecule has 1 amide bonds. The third kappa shape index (κ3) is 5.79. The fraction of sp³-hybridized carbons (Fsp3) is 0.421. The number of amides is 1. The topological polar surface area (TPSA) is 79.4 Å². The smallest absolute Gasteiger partial charge is 0.271 e. The van der Waals surface area contributed by atoms with Crippen LogP contribution in [-0.4, -0.2) is 66.7 Å². The number of morpholine rings is 1. The van der Waals surface area contributed by atoms with E-state index in [9.17, 15) is 4.79 Å². The highest BCUT2D eigenvalue weighted by atomic mass is 16.5. The van der Waals surface area contributed by atoms with Gasteiger partial charge in [-0.2, -0.15) is 0 Å². The van der Waals surface area contributed by atoms with E-state index in [1.165, 1.54) is 11.8 Å². The number of nitrogens with one attached hydrogen (secondary N) is 2. The van der Waals surface area contributed by atoms with Crippen LogP contribution in [0.2, 0.25) is 0 Å². The normalized spacial score (nSPS) is 14.8. The van der Waals surface area contributed by atoms with Crippen molar-refractivity contribution in [3.63, 3.8) is 0 Å². The Labute approximate surface area is 153 Å². The molecule has 2 aromatic rings. The molecule has 3 rings (SSSR count). The van der Waals surface area contributed by atoms with Crippen LogP contribution in [0.5, 0.6) is 0 Å². The average Bonchev–Trinajstić information content (AvgIpc) is 2.70. The largest absolute Gasteiger partial charge is 0.379 e. The van der Waals surface area contributed by atoms with Crippen molar-refractivity contribution in [1.82, 2.24) is 20.2 Å². The molecule has 1 aromatic heterocycles. The van der Waals surface area contributed by atoms with Gasteiger partial charge in [-0.25, -0.2) is 9.97 Å². The summed E-state index contributed by atoms with van der Waals surface area (Å²) in [6.07, 6.45) is 3.90. The summed E-state index contributed by atoms with van der Waals surface area (Å²) in [5.74, 6) is 0.479. The molecule has 1 saturated heterocycles. The second-order valence-corrected chi connectivity index (χ2v) is 6.16. The summed E-state index contributed by atoms with van der Waals surface area (Å²) in [5.41, 5.74) is 1.52. The van der Waals surface area contributed by atoms with E-state index in [1.807, 2.05) is 30.3 Å². The zero-order valence-corrected chi connectivity index (χ0v) is 14.9. The second-order valence-electron chi connectivity index (χ2n) is 6.16. The summed E-state index contributed by atoms with van der Waals surface area (Å²) in [7, 11) is 0. The molecule has 7 heteroatoms. The maximum absolute atomic E-state index is 12.1. The van der Waals surface area contributed by atoms with Gasteiger partial charge < -0.3 is 15.4 Å². The van der Waals surface area contributed by atoms with Gasteiger partial charge in [0.05, 0.1) is 25.6 Å². The van der Waals surface area contributed by atoms with Crippen LogP contribution in [-0.2, 0) is 11.2 Å². The molecule has 0 spiro atoms. The summed E-state index contributed by atoms with van der Waals surface area (Å²) in [6.45, 7) is 5.83. The van der Waals surface area contributed by atoms with Crippen molar-refractivity contribution < 1.29 is 9.53 Å². The SMILES string of the molecule is O=C(NCCc1ccccc1)c1cnc(NCCN2CCOCC2)cn1. The number of hydrogen-bond acceptors (Lipinski definition) is 6. The summed E-state index contributed by atoms with van der Waals surface area (Å²) in [6, 6.07) is 10.1. The molecule has 2 heterocycles. The Kier molecular flexibility index (Phi) is 6.92. The minimum atomic E-state index is -0.201. The zero-order chi connectivity index (χ0) is 18.0. The Bertz CT molecular complexity index is 672. The van der Waals surface area contributed by atoms with Crippen molar-refractivity contribution in [2.24, 2.45) is 0 Å². The third-order valence-corrected chi connectivity index (χ3v) is 4.26. The van der Waals surface area contributed by atoms with Crippen LogP contribution in [0.3, 0.4) is 0 Å². The number of rotatable bonds is 8. The quantitative estimate of drug-likeness (QED) is 0.741. The first kappa shape index (κ1) is 18.3. The molecule has 0 unspecified atom stereocenters. The number of ether oxygens (including phenoxy) is 1. The summed E-state index contributed by atoms with van der Waals surface area (Å²) >= 11 is 0. The lowest BCUT2D eigenvalue weighted by atomic mass is 10.1. The molecular formula is C19H25N5O2. The van der Waals surface area contributed by atoms with Crippen molar-refractivity contribution >= 4 is 11.7 Å². The molecule has 0 atom stereocenters. The molecule has 7 nitrogen and oxygen atoms in total. The fourth-order valence-corrected chi connectivity index (χ4v) is 2.76. The summed E-state index contributed by atoms with van der Waals surface area (Å²) in [5, 5.41) is 6.11. The van der Waals surface area contributed by atoms with E-state index in [0.717, 1.165) is 45.8 Å². The lowest BCUT2D eigenvalue weighted by molar-refractivity contribution is 0.0398. The van der Waals surface area contributed by atoms with E-state index in [0.29, 0.717) is 18.1 Å². The highest BCUT2D eigenvalue weighted by Gasteiger charge is 2.10. The van der Waals surface area contributed by atoms with Gasteiger partial charge in [0, 0.05) is 32.7 Å². The molecule has 1 aliphatic heterocycles. The Morgan fingerprint density at radius 3 is 2.62 bits per heavy atom. The van der Waals surface area contributed by atoms with Gasteiger partial charge in [0.2, 0.25) is 0 Å². The van der Waals surface area contributed by atoms with Crippen LogP contribution in [0.4, 0.5) is 5.82 Å². The van der Waals surface area contributed by atoms with Crippen molar-refractivity contribution in [2.75, 3.05) is 51.3 Å². The van der Waals surface area contributed by atoms with Gasteiger partial charge in [-0.15, -0.1) is 0 Å². The fourth-order valence-electron chi connectivity index (χ4n) is 2.76. The monoisotopic (exact) mass is 355 g/mol. The van der Waals surface area contributed by atoms with Crippen molar-refractivity contribution in [3.05, 3.63) is 54.0 Å². The number of nitrogens with zero attached hydrogens (tertiary/aromatic N) is 3. The maximum Gasteiger partial charge on any atom is 0.271 e. The van der Waals surface area contributed by atoms with E-state index in [-0.39, 0.29) is 5.91 Å². The molecule has 1 aromatic carbocycles. The van der Waals surface area contributed by atoms with Gasteiger partial charge in [0.1, 0.15) is 11.5 Å². The third-order valence-electron chi connectivity index (χ3n) is 4.26. The number of carbonyl (C=O) groups excluding carboxylic acids is 1. The Morgan fingerprint density at radius 1 is 1.08 bits per heavy atom. The first-order chi connectivity index (χ1) is 12.8. The van der Waals surface area contributed by atoms with Gasteiger partial charge in [0.25, 0.3) is 5.91 Å². The van der Waals surface area contributed by atoms with Crippen molar-refractivity contribution in [1.29, 1.82) is 0 Å². The van der Waals surface area contributed by atoms with Gasteiger partial charge in [-0.05, 0) is 12.0 Å². The van der Waals surface area contributed by atoms with Crippen LogP contribution in [0, 0.1) is 0 Å². The molecule has 26 heavy (non-hydrogen) atoms. The van der Waals surface area contributed by atoms with E-state index >= 15 is 0 Å². The lowest BCUT2D eigenvalue weighted by Gasteiger charge is -2.26.